The van der Waals surface area contributed by atoms with Gasteiger partial charge in [-0.15, -0.1) is 12.4 Å². The summed E-state index contributed by atoms with van der Waals surface area (Å²) in [6, 6.07) is 0. The largest absolute Gasteiger partial charge is 0.396 e. The summed E-state index contributed by atoms with van der Waals surface area (Å²) in [4.78, 5) is 5.43. The SMILES string of the molecule is Cl.OCCCN1CCN(C23CC4CC(CC(C4)C2)C3)CC1. The first-order valence-electron chi connectivity index (χ1n) is 8.86. The maximum atomic E-state index is 8.97. The second-order valence-corrected chi connectivity index (χ2v) is 8.05. The van der Waals surface area contributed by atoms with Crippen LogP contribution < -0.4 is 0 Å². The van der Waals surface area contributed by atoms with Crippen LogP contribution in [0.5, 0.6) is 0 Å². The Morgan fingerprint density at radius 2 is 1.38 bits per heavy atom. The standard InChI is InChI=1S/C17H30N2O.ClH/c20-7-1-2-18-3-5-19(6-4-18)17-11-14-8-15(12-17)10-16(9-14)13-17;/h14-16,20H,1-13H2;1H. The van der Waals surface area contributed by atoms with Crippen LogP contribution in [0.3, 0.4) is 0 Å². The maximum Gasteiger partial charge on any atom is 0.0443 e. The lowest BCUT2D eigenvalue weighted by atomic mass is 9.52. The zero-order valence-electron chi connectivity index (χ0n) is 13.2. The van der Waals surface area contributed by atoms with Gasteiger partial charge < -0.3 is 10.0 Å². The van der Waals surface area contributed by atoms with Gasteiger partial charge >= 0.3 is 0 Å². The Morgan fingerprint density at radius 3 is 1.86 bits per heavy atom. The molecule has 0 aromatic heterocycles. The van der Waals surface area contributed by atoms with Crippen LogP contribution in [-0.2, 0) is 0 Å². The van der Waals surface area contributed by atoms with E-state index in [1.54, 1.807) is 19.3 Å². The number of rotatable bonds is 4. The molecule has 4 saturated carbocycles. The van der Waals surface area contributed by atoms with E-state index in [1.807, 2.05) is 0 Å². The van der Waals surface area contributed by atoms with Crippen molar-refractivity contribution in [2.24, 2.45) is 17.8 Å². The van der Waals surface area contributed by atoms with E-state index in [0.29, 0.717) is 12.1 Å². The van der Waals surface area contributed by atoms with E-state index in [1.165, 1.54) is 45.4 Å². The third-order valence-electron chi connectivity index (χ3n) is 6.68. The summed E-state index contributed by atoms with van der Waals surface area (Å²) in [5.41, 5.74) is 0.609. The van der Waals surface area contributed by atoms with Gasteiger partial charge in [-0.3, -0.25) is 4.90 Å². The van der Waals surface area contributed by atoms with Crippen LogP contribution in [0.15, 0.2) is 0 Å². The minimum atomic E-state index is 0. The maximum absolute atomic E-state index is 8.97. The van der Waals surface area contributed by atoms with E-state index in [4.69, 9.17) is 5.11 Å². The van der Waals surface area contributed by atoms with E-state index >= 15 is 0 Å². The Balaban J connectivity index is 0.00000132. The topological polar surface area (TPSA) is 26.7 Å². The van der Waals surface area contributed by atoms with Gasteiger partial charge in [-0.2, -0.15) is 0 Å². The van der Waals surface area contributed by atoms with Crippen molar-refractivity contribution in [3.05, 3.63) is 0 Å². The van der Waals surface area contributed by atoms with Gasteiger partial charge in [-0.1, -0.05) is 0 Å². The van der Waals surface area contributed by atoms with Gasteiger partial charge in [0.15, 0.2) is 0 Å². The molecule has 1 aliphatic heterocycles. The molecule has 0 radical (unpaired) electrons. The monoisotopic (exact) mass is 314 g/mol. The van der Waals surface area contributed by atoms with Crippen molar-refractivity contribution in [1.29, 1.82) is 0 Å². The van der Waals surface area contributed by atoms with Crippen LogP contribution in [0, 0.1) is 17.8 Å². The van der Waals surface area contributed by atoms with Crippen LogP contribution in [0.4, 0.5) is 0 Å². The predicted octanol–water partition coefficient (Wildman–Crippen LogP) is 2.38. The second kappa shape index (κ2) is 6.35. The smallest absolute Gasteiger partial charge is 0.0443 e. The fraction of sp³-hybridized carbons (Fsp3) is 1.00. The molecule has 5 aliphatic rings. The number of halogens is 1. The summed E-state index contributed by atoms with van der Waals surface area (Å²) in [5, 5.41) is 8.97. The molecule has 0 spiro atoms. The van der Waals surface area contributed by atoms with Crippen molar-refractivity contribution in [3.8, 4) is 0 Å². The molecule has 21 heavy (non-hydrogen) atoms. The van der Waals surface area contributed by atoms with Gasteiger partial charge in [0.1, 0.15) is 0 Å². The molecule has 0 unspecified atom stereocenters. The number of hydrogen-bond acceptors (Lipinski definition) is 3. The van der Waals surface area contributed by atoms with Crippen molar-refractivity contribution in [1.82, 2.24) is 9.80 Å². The van der Waals surface area contributed by atoms with E-state index in [9.17, 15) is 0 Å². The Labute approximate surface area is 135 Å². The third-order valence-corrected chi connectivity index (χ3v) is 6.68. The Kier molecular flexibility index (Phi) is 4.85. The molecule has 1 heterocycles. The molecule has 0 amide bonds. The molecule has 4 bridgehead atoms. The van der Waals surface area contributed by atoms with E-state index in [2.05, 4.69) is 9.80 Å². The lowest BCUT2D eigenvalue weighted by Gasteiger charge is -2.61. The van der Waals surface area contributed by atoms with Crippen LogP contribution >= 0.6 is 12.4 Å². The Morgan fingerprint density at radius 1 is 0.857 bits per heavy atom. The first kappa shape index (κ1) is 16.0. The molecule has 122 valence electrons. The highest BCUT2D eigenvalue weighted by Crippen LogP contribution is 2.57. The van der Waals surface area contributed by atoms with E-state index in [0.717, 1.165) is 30.7 Å². The highest BCUT2D eigenvalue weighted by atomic mass is 35.5. The summed E-state index contributed by atoms with van der Waals surface area (Å²) >= 11 is 0. The van der Waals surface area contributed by atoms with Gasteiger partial charge in [-0.05, 0) is 62.7 Å². The van der Waals surface area contributed by atoms with Gasteiger partial charge in [-0.25, -0.2) is 0 Å². The number of nitrogens with zero attached hydrogens (tertiary/aromatic N) is 2. The third kappa shape index (κ3) is 2.99. The number of aliphatic hydroxyl groups excluding tert-OH is 1. The van der Waals surface area contributed by atoms with Crippen LogP contribution in [-0.4, -0.2) is 59.8 Å². The highest BCUT2D eigenvalue weighted by molar-refractivity contribution is 5.85. The van der Waals surface area contributed by atoms with Crippen molar-refractivity contribution in [3.63, 3.8) is 0 Å². The quantitative estimate of drug-likeness (QED) is 0.863. The lowest BCUT2D eigenvalue weighted by Crippen LogP contribution is -2.63. The van der Waals surface area contributed by atoms with Crippen LogP contribution in [0.25, 0.3) is 0 Å². The highest BCUT2D eigenvalue weighted by Gasteiger charge is 2.53. The molecule has 1 N–H and O–H groups in total. The first-order chi connectivity index (χ1) is 9.77. The number of piperazine rings is 1. The zero-order valence-corrected chi connectivity index (χ0v) is 14.0. The molecule has 5 rings (SSSR count). The first-order valence-corrected chi connectivity index (χ1v) is 8.86. The van der Waals surface area contributed by atoms with Gasteiger partial charge in [0.25, 0.3) is 0 Å². The molecule has 4 heteroatoms. The average Bonchev–Trinajstić information content (AvgIpc) is 2.44. The van der Waals surface area contributed by atoms with Crippen molar-refractivity contribution >= 4 is 12.4 Å². The molecule has 4 aliphatic carbocycles. The summed E-state index contributed by atoms with van der Waals surface area (Å²) in [6.45, 7) is 6.43. The second-order valence-electron chi connectivity index (χ2n) is 8.05. The van der Waals surface area contributed by atoms with Gasteiger partial charge in [0.2, 0.25) is 0 Å². The van der Waals surface area contributed by atoms with Gasteiger partial charge in [0.05, 0.1) is 0 Å². The van der Waals surface area contributed by atoms with Gasteiger partial charge in [0, 0.05) is 44.9 Å². The molecular formula is C17H31ClN2O. The number of hydrogen-bond donors (Lipinski definition) is 1. The minimum Gasteiger partial charge on any atom is -0.396 e. The molecule has 1 saturated heterocycles. The Bertz CT molecular complexity index is 319. The molecule has 0 atom stereocenters. The van der Waals surface area contributed by atoms with Crippen LogP contribution in [0.2, 0.25) is 0 Å². The normalized spacial score (nSPS) is 43.0. The van der Waals surface area contributed by atoms with Crippen molar-refractivity contribution < 1.29 is 5.11 Å². The fourth-order valence-electron chi connectivity index (χ4n) is 6.19. The number of aliphatic hydroxyl groups is 1. The molecule has 0 aromatic rings. The summed E-state index contributed by atoms with van der Waals surface area (Å²) in [6.07, 6.45) is 10.1. The van der Waals surface area contributed by atoms with E-state index < -0.39 is 0 Å². The minimum absolute atomic E-state index is 0. The molecule has 5 fully saturated rings. The summed E-state index contributed by atoms with van der Waals surface area (Å²) in [5.74, 6) is 3.19. The summed E-state index contributed by atoms with van der Waals surface area (Å²) in [7, 11) is 0. The Hall–Kier alpha value is 0.170. The molecule has 0 aromatic carbocycles. The fourth-order valence-corrected chi connectivity index (χ4v) is 6.19. The predicted molar refractivity (Wildman–Crippen MR) is 87.9 cm³/mol. The van der Waals surface area contributed by atoms with Crippen LogP contribution in [0.1, 0.15) is 44.9 Å². The average molecular weight is 315 g/mol. The lowest BCUT2D eigenvalue weighted by molar-refractivity contribution is -0.101. The molecular weight excluding hydrogens is 284 g/mol. The molecule has 3 nitrogen and oxygen atoms in total. The summed E-state index contributed by atoms with van der Waals surface area (Å²) < 4.78 is 0. The van der Waals surface area contributed by atoms with E-state index in [-0.39, 0.29) is 12.4 Å². The zero-order chi connectivity index (χ0) is 13.6. The van der Waals surface area contributed by atoms with Crippen molar-refractivity contribution in [2.75, 3.05) is 39.3 Å². The van der Waals surface area contributed by atoms with Crippen molar-refractivity contribution in [2.45, 2.75) is 50.5 Å².